The first kappa shape index (κ1) is 12.7. The Morgan fingerprint density at radius 2 is 2.31 bits per heavy atom. The largest absolute Gasteiger partial charge is 0.469 e. The maximum Gasteiger partial charge on any atom is 0.309 e. The molecule has 0 spiro atoms. The Morgan fingerprint density at radius 3 is 2.81 bits per heavy atom. The van der Waals surface area contributed by atoms with Gasteiger partial charge in [0.05, 0.1) is 19.6 Å². The molecular weight excluding hydrogens is 206 g/mol. The van der Waals surface area contributed by atoms with Crippen LogP contribution in [-0.4, -0.2) is 28.7 Å². The predicted octanol–water partition coefficient (Wildman–Crippen LogP) is 0.707. The van der Waals surface area contributed by atoms with E-state index in [0.29, 0.717) is 6.54 Å². The summed E-state index contributed by atoms with van der Waals surface area (Å²) in [4.78, 5) is 15.5. The summed E-state index contributed by atoms with van der Waals surface area (Å²) < 4.78 is 6.64. The third-order valence-electron chi connectivity index (χ3n) is 2.83. The zero-order chi connectivity index (χ0) is 12.1. The first-order valence-electron chi connectivity index (χ1n) is 5.33. The van der Waals surface area contributed by atoms with Crippen molar-refractivity contribution in [1.82, 2.24) is 14.9 Å². The van der Waals surface area contributed by atoms with E-state index in [9.17, 15) is 4.79 Å². The summed E-state index contributed by atoms with van der Waals surface area (Å²) in [5.74, 6) is 0.592. The molecule has 1 aromatic heterocycles. The van der Waals surface area contributed by atoms with Crippen LogP contribution >= 0.6 is 0 Å². The van der Waals surface area contributed by atoms with Gasteiger partial charge in [-0.3, -0.25) is 4.79 Å². The number of aromatic nitrogens is 2. The number of ether oxygens (including phenoxy) is 1. The predicted molar refractivity (Wildman–Crippen MR) is 60.7 cm³/mol. The second kappa shape index (κ2) is 5.65. The van der Waals surface area contributed by atoms with Gasteiger partial charge < -0.3 is 14.6 Å². The second-order valence-corrected chi connectivity index (χ2v) is 3.94. The minimum absolute atomic E-state index is 0.0594. The van der Waals surface area contributed by atoms with E-state index in [1.807, 2.05) is 31.7 Å². The van der Waals surface area contributed by atoms with Gasteiger partial charge in [0, 0.05) is 25.5 Å². The molecule has 0 radical (unpaired) electrons. The van der Waals surface area contributed by atoms with Crippen LogP contribution in [0.2, 0.25) is 0 Å². The lowest BCUT2D eigenvalue weighted by Crippen LogP contribution is -2.36. The lowest BCUT2D eigenvalue weighted by atomic mass is 10.0. The van der Waals surface area contributed by atoms with Crippen molar-refractivity contribution in [2.45, 2.75) is 26.4 Å². The van der Waals surface area contributed by atoms with E-state index in [2.05, 4.69) is 10.3 Å². The fraction of sp³-hybridized carbons (Fsp3) is 0.636. The van der Waals surface area contributed by atoms with Crippen LogP contribution in [0.5, 0.6) is 0 Å². The van der Waals surface area contributed by atoms with Crippen LogP contribution in [0.25, 0.3) is 0 Å². The van der Waals surface area contributed by atoms with Crippen molar-refractivity contribution in [3.63, 3.8) is 0 Å². The summed E-state index contributed by atoms with van der Waals surface area (Å²) in [7, 11) is 3.35. The van der Waals surface area contributed by atoms with Crippen LogP contribution in [0.15, 0.2) is 12.4 Å². The highest BCUT2D eigenvalue weighted by Crippen LogP contribution is 2.05. The van der Waals surface area contributed by atoms with Gasteiger partial charge in [0.2, 0.25) is 0 Å². The van der Waals surface area contributed by atoms with Crippen molar-refractivity contribution >= 4 is 5.97 Å². The Labute approximate surface area is 95.8 Å². The maximum absolute atomic E-state index is 11.3. The third-order valence-corrected chi connectivity index (χ3v) is 2.83. The van der Waals surface area contributed by atoms with Crippen LogP contribution in [-0.2, 0) is 23.1 Å². The monoisotopic (exact) mass is 225 g/mol. The number of hydrogen-bond donors (Lipinski definition) is 1. The van der Waals surface area contributed by atoms with Crippen molar-refractivity contribution in [2.24, 2.45) is 13.0 Å². The van der Waals surface area contributed by atoms with E-state index in [-0.39, 0.29) is 17.9 Å². The summed E-state index contributed by atoms with van der Waals surface area (Å²) in [6.45, 7) is 4.46. The maximum atomic E-state index is 11.3. The number of carbonyl (C=O) groups excluding carboxylic acids is 1. The average Bonchev–Trinajstić information content (AvgIpc) is 2.69. The molecule has 0 fully saturated rings. The highest BCUT2D eigenvalue weighted by Gasteiger charge is 2.20. The van der Waals surface area contributed by atoms with Crippen molar-refractivity contribution in [3.8, 4) is 0 Å². The first-order valence-corrected chi connectivity index (χ1v) is 5.33. The van der Waals surface area contributed by atoms with Crippen LogP contribution in [0.1, 0.15) is 19.7 Å². The van der Waals surface area contributed by atoms with Gasteiger partial charge >= 0.3 is 5.97 Å². The summed E-state index contributed by atoms with van der Waals surface area (Å²) >= 11 is 0. The number of hydrogen-bond acceptors (Lipinski definition) is 4. The van der Waals surface area contributed by atoms with Crippen LogP contribution in [0.3, 0.4) is 0 Å². The molecule has 1 heterocycles. The molecule has 2 unspecified atom stereocenters. The number of methoxy groups -OCH3 is 1. The first-order chi connectivity index (χ1) is 7.56. The molecule has 5 heteroatoms. The Balaban J connectivity index is 2.44. The zero-order valence-corrected chi connectivity index (χ0v) is 10.2. The molecule has 5 nitrogen and oxygen atoms in total. The van der Waals surface area contributed by atoms with Crippen LogP contribution < -0.4 is 5.32 Å². The average molecular weight is 225 g/mol. The van der Waals surface area contributed by atoms with Gasteiger partial charge in [-0.15, -0.1) is 0 Å². The smallest absolute Gasteiger partial charge is 0.309 e. The summed E-state index contributed by atoms with van der Waals surface area (Å²) in [6, 6.07) is 0.0594. The zero-order valence-electron chi connectivity index (χ0n) is 10.2. The molecule has 0 aliphatic rings. The minimum Gasteiger partial charge on any atom is -0.469 e. The molecule has 1 N–H and O–H groups in total. The molecular formula is C11H19N3O2. The molecule has 0 aliphatic carbocycles. The van der Waals surface area contributed by atoms with Gasteiger partial charge in [-0.2, -0.15) is 0 Å². The fourth-order valence-electron chi connectivity index (χ4n) is 1.39. The number of nitrogens with one attached hydrogen (secondary N) is 1. The Hall–Kier alpha value is -1.36. The molecule has 0 amide bonds. The topological polar surface area (TPSA) is 56.1 Å². The molecule has 0 saturated heterocycles. The van der Waals surface area contributed by atoms with E-state index >= 15 is 0 Å². The molecule has 0 saturated carbocycles. The standard InChI is InChI=1S/C11H19N3O2/c1-8(11(15)16-4)9(2)13-7-10-12-5-6-14(10)3/h5-6,8-9,13H,7H2,1-4H3. The molecule has 0 bridgehead atoms. The highest BCUT2D eigenvalue weighted by molar-refractivity contribution is 5.72. The van der Waals surface area contributed by atoms with E-state index in [4.69, 9.17) is 4.74 Å². The van der Waals surface area contributed by atoms with E-state index in [1.54, 1.807) is 6.20 Å². The quantitative estimate of drug-likeness (QED) is 0.750. The Morgan fingerprint density at radius 1 is 1.62 bits per heavy atom. The third kappa shape index (κ3) is 3.06. The normalized spacial score (nSPS) is 14.5. The van der Waals surface area contributed by atoms with Crippen molar-refractivity contribution in [1.29, 1.82) is 0 Å². The van der Waals surface area contributed by atoms with Crippen molar-refractivity contribution in [2.75, 3.05) is 7.11 Å². The Bertz CT molecular complexity index is 349. The van der Waals surface area contributed by atoms with Crippen molar-refractivity contribution in [3.05, 3.63) is 18.2 Å². The van der Waals surface area contributed by atoms with E-state index in [1.165, 1.54) is 7.11 Å². The van der Waals surface area contributed by atoms with Gasteiger partial charge in [-0.25, -0.2) is 4.98 Å². The van der Waals surface area contributed by atoms with Crippen LogP contribution in [0.4, 0.5) is 0 Å². The lowest BCUT2D eigenvalue weighted by Gasteiger charge is -2.18. The molecule has 1 aromatic rings. The molecule has 0 aliphatic heterocycles. The molecule has 16 heavy (non-hydrogen) atoms. The van der Waals surface area contributed by atoms with Crippen molar-refractivity contribution < 1.29 is 9.53 Å². The molecule has 1 rings (SSSR count). The molecule has 90 valence electrons. The highest BCUT2D eigenvalue weighted by atomic mass is 16.5. The van der Waals surface area contributed by atoms with Gasteiger partial charge in [0.15, 0.2) is 0 Å². The number of rotatable bonds is 5. The minimum atomic E-state index is -0.195. The number of nitrogens with zero attached hydrogens (tertiary/aromatic N) is 2. The number of carbonyl (C=O) groups is 1. The summed E-state index contributed by atoms with van der Waals surface area (Å²) in [5, 5.41) is 3.26. The van der Waals surface area contributed by atoms with Gasteiger partial charge in [0.25, 0.3) is 0 Å². The molecule has 0 aromatic carbocycles. The van der Waals surface area contributed by atoms with E-state index < -0.39 is 0 Å². The lowest BCUT2D eigenvalue weighted by molar-refractivity contribution is -0.145. The molecule has 2 atom stereocenters. The number of aryl methyl sites for hydroxylation is 1. The van der Waals surface area contributed by atoms with Gasteiger partial charge in [-0.05, 0) is 6.92 Å². The van der Waals surface area contributed by atoms with Gasteiger partial charge in [0.1, 0.15) is 5.82 Å². The SMILES string of the molecule is COC(=O)C(C)C(C)NCc1nccn1C. The van der Waals surface area contributed by atoms with Crippen LogP contribution in [0, 0.1) is 5.92 Å². The second-order valence-electron chi connectivity index (χ2n) is 3.94. The fourth-order valence-corrected chi connectivity index (χ4v) is 1.39. The summed E-state index contributed by atoms with van der Waals surface area (Å²) in [6.07, 6.45) is 3.65. The van der Waals surface area contributed by atoms with E-state index in [0.717, 1.165) is 5.82 Å². The van der Waals surface area contributed by atoms with Gasteiger partial charge in [-0.1, -0.05) is 6.92 Å². The summed E-state index contributed by atoms with van der Waals surface area (Å²) in [5.41, 5.74) is 0. The number of imidazole rings is 1. The number of esters is 1. The Kier molecular flexibility index (Phi) is 4.49.